The Bertz CT molecular complexity index is 366. The molecular weight excluding hydrogens is 206 g/mol. The standard InChI is InChI=1S/C16H25N/c1-13(2)17-11-5-10-16(4,12-17)15-8-6-14(3)7-9-15/h6-9,13H,5,10-12H2,1-4H3. The van der Waals surface area contributed by atoms with Crippen molar-refractivity contribution in [3.05, 3.63) is 35.4 Å². The third kappa shape index (κ3) is 2.71. The first-order valence-corrected chi connectivity index (χ1v) is 6.82. The van der Waals surface area contributed by atoms with Crippen molar-refractivity contribution >= 4 is 0 Å². The fraction of sp³-hybridized carbons (Fsp3) is 0.625. The fourth-order valence-corrected chi connectivity index (χ4v) is 2.91. The van der Waals surface area contributed by atoms with Gasteiger partial charge in [-0.25, -0.2) is 0 Å². The van der Waals surface area contributed by atoms with Crippen LogP contribution in [0.15, 0.2) is 24.3 Å². The van der Waals surface area contributed by atoms with E-state index in [2.05, 4.69) is 56.9 Å². The van der Waals surface area contributed by atoms with Gasteiger partial charge in [-0.15, -0.1) is 0 Å². The van der Waals surface area contributed by atoms with Crippen LogP contribution in [-0.2, 0) is 5.41 Å². The molecule has 0 bridgehead atoms. The second-order valence-corrected chi connectivity index (χ2v) is 6.09. The van der Waals surface area contributed by atoms with Gasteiger partial charge < -0.3 is 4.90 Å². The molecule has 1 heterocycles. The summed E-state index contributed by atoms with van der Waals surface area (Å²) in [5.41, 5.74) is 3.21. The summed E-state index contributed by atoms with van der Waals surface area (Å²) in [6, 6.07) is 9.79. The van der Waals surface area contributed by atoms with Crippen LogP contribution in [0.2, 0.25) is 0 Å². The molecule has 0 N–H and O–H groups in total. The summed E-state index contributed by atoms with van der Waals surface area (Å²) in [7, 11) is 0. The van der Waals surface area contributed by atoms with Crippen molar-refractivity contribution in [1.29, 1.82) is 0 Å². The first-order chi connectivity index (χ1) is 8.01. The van der Waals surface area contributed by atoms with E-state index in [1.807, 2.05) is 0 Å². The number of hydrogen-bond donors (Lipinski definition) is 0. The maximum atomic E-state index is 2.61. The van der Waals surface area contributed by atoms with Gasteiger partial charge in [0.15, 0.2) is 0 Å². The van der Waals surface area contributed by atoms with Gasteiger partial charge in [0.1, 0.15) is 0 Å². The molecule has 0 aliphatic carbocycles. The molecule has 1 aromatic rings. The number of aryl methyl sites for hydroxylation is 1. The average molecular weight is 231 g/mol. The lowest BCUT2D eigenvalue weighted by Crippen LogP contribution is -2.47. The largest absolute Gasteiger partial charge is 0.300 e. The molecule has 1 aromatic carbocycles. The van der Waals surface area contributed by atoms with Crippen molar-refractivity contribution in [2.24, 2.45) is 0 Å². The number of hydrogen-bond acceptors (Lipinski definition) is 1. The third-order valence-corrected chi connectivity index (χ3v) is 4.20. The molecule has 94 valence electrons. The quantitative estimate of drug-likeness (QED) is 0.749. The van der Waals surface area contributed by atoms with Gasteiger partial charge in [0.05, 0.1) is 0 Å². The summed E-state index contributed by atoms with van der Waals surface area (Å²) in [5, 5.41) is 0. The predicted molar refractivity (Wildman–Crippen MR) is 74.5 cm³/mol. The predicted octanol–water partition coefficient (Wildman–Crippen LogP) is 3.76. The van der Waals surface area contributed by atoms with Crippen molar-refractivity contribution in [2.45, 2.75) is 52.0 Å². The lowest BCUT2D eigenvalue weighted by Gasteiger charge is -2.43. The van der Waals surface area contributed by atoms with E-state index in [1.165, 1.54) is 37.1 Å². The number of nitrogens with zero attached hydrogens (tertiary/aromatic N) is 1. The van der Waals surface area contributed by atoms with Gasteiger partial charge in [0.2, 0.25) is 0 Å². The van der Waals surface area contributed by atoms with Crippen LogP contribution in [-0.4, -0.2) is 24.0 Å². The van der Waals surface area contributed by atoms with Gasteiger partial charge in [-0.2, -0.15) is 0 Å². The minimum Gasteiger partial charge on any atom is -0.300 e. The summed E-state index contributed by atoms with van der Waals surface area (Å²) in [6.45, 7) is 11.7. The lowest BCUT2D eigenvalue weighted by molar-refractivity contribution is 0.125. The molecule has 0 spiro atoms. The van der Waals surface area contributed by atoms with Gasteiger partial charge in [-0.3, -0.25) is 0 Å². The zero-order valence-corrected chi connectivity index (χ0v) is 11.7. The molecule has 1 atom stereocenters. The van der Waals surface area contributed by atoms with Crippen molar-refractivity contribution < 1.29 is 0 Å². The lowest BCUT2D eigenvalue weighted by atomic mass is 9.75. The fourth-order valence-electron chi connectivity index (χ4n) is 2.91. The monoisotopic (exact) mass is 231 g/mol. The van der Waals surface area contributed by atoms with E-state index in [9.17, 15) is 0 Å². The smallest absolute Gasteiger partial charge is 0.00787 e. The Labute approximate surface area is 106 Å². The summed E-state index contributed by atoms with van der Waals surface area (Å²) in [6.07, 6.45) is 2.64. The van der Waals surface area contributed by atoms with Crippen LogP contribution >= 0.6 is 0 Å². The second-order valence-electron chi connectivity index (χ2n) is 6.09. The van der Waals surface area contributed by atoms with Crippen LogP contribution in [0.25, 0.3) is 0 Å². The Morgan fingerprint density at radius 3 is 2.41 bits per heavy atom. The van der Waals surface area contributed by atoms with Crippen LogP contribution in [0.4, 0.5) is 0 Å². The third-order valence-electron chi connectivity index (χ3n) is 4.20. The highest BCUT2D eigenvalue weighted by Gasteiger charge is 2.33. The van der Waals surface area contributed by atoms with Crippen molar-refractivity contribution in [2.75, 3.05) is 13.1 Å². The highest BCUT2D eigenvalue weighted by molar-refractivity contribution is 5.29. The van der Waals surface area contributed by atoms with Crippen LogP contribution in [0, 0.1) is 6.92 Å². The molecule has 1 aliphatic heterocycles. The average Bonchev–Trinajstić information content (AvgIpc) is 2.29. The molecule has 0 amide bonds. The summed E-state index contributed by atoms with van der Waals surface area (Å²) < 4.78 is 0. The molecule has 1 fully saturated rings. The van der Waals surface area contributed by atoms with E-state index in [1.54, 1.807) is 0 Å². The molecule has 0 aromatic heterocycles. The van der Waals surface area contributed by atoms with Crippen LogP contribution in [0.3, 0.4) is 0 Å². The maximum absolute atomic E-state index is 2.61. The molecule has 1 heteroatoms. The van der Waals surface area contributed by atoms with Gasteiger partial charge in [-0.05, 0) is 45.7 Å². The molecule has 1 aliphatic rings. The molecule has 2 rings (SSSR count). The maximum Gasteiger partial charge on any atom is 0.00787 e. The number of likely N-dealkylation sites (tertiary alicyclic amines) is 1. The number of rotatable bonds is 2. The Morgan fingerprint density at radius 1 is 1.18 bits per heavy atom. The van der Waals surface area contributed by atoms with Crippen LogP contribution < -0.4 is 0 Å². The Kier molecular flexibility index (Phi) is 3.58. The van der Waals surface area contributed by atoms with E-state index in [0.29, 0.717) is 11.5 Å². The first-order valence-electron chi connectivity index (χ1n) is 6.82. The number of piperidine rings is 1. The van der Waals surface area contributed by atoms with E-state index < -0.39 is 0 Å². The Hall–Kier alpha value is -0.820. The van der Waals surface area contributed by atoms with Crippen molar-refractivity contribution in [3.63, 3.8) is 0 Å². The topological polar surface area (TPSA) is 3.24 Å². The van der Waals surface area contributed by atoms with Gasteiger partial charge in [0, 0.05) is 18.0 Å². The van der Waals surface area contributed by atoms with Gasteiger partial charge in [-0.1, -0.05) is 36.8 Å². The van der Waals surface area contributed by atoms with Gasteiger partial charge in [0.25, 0.3) is 0 Å². The SMILES string of the molecule is Cc1ccc(C2(C)CCCN(C(C)C)C2)cc1. The molecule has 17 heavy (non-hydrogen) atoms. The highest BCUT2D eigenvalue weighted by atomic mass is 15.2. The first kappa shape index (κ1) is 12.6. The summed E-state index contributed by atoms with van der Waals surface area (Å²) >= 11 is 0. The minimum absolute atomic E-state index is 0.343. The van der Waals surface area contributed by atoms with Crippen LogP contribution in [0.5, 0.6) is 0 Å². The summed E-state index contributed by atoms with van der Waals surface area (Å²) in [5.74, 6) is 0. The van der Waals surface area contributed by atoms with E-state index in [0.717, 1.165) is 0 Å². The van der Waals surface area contributed by atoms with Crippen molar-refractivity contribution in [1.82, 2.24) is 4.90 Å². The molecule has 0 saturated carbocycles. The molecule has 1 nitrogen and oxygen atoms in total. The highest BCUT2D eigenvalue weighted by Crippen LogP contribution is 2.34. The molecule has 1 saturated heterocycles. The zero-order valence-electron chi connectivity index (χ0n) is 11.7. The van der Waals surface area contributed by atoms with Crippen LogP contribution in [0.1, 0.15) is 44.7 Å². The molecule has 0 radical (unpaired) electrons. The number of benzene rings is 1. The van der Waals surface area contributed by atoms with E-state index >= 15 is 0 Å². The molecular formula is C16H25N. The minimum atomic E-state index is 0.343. The molecule has 1 unspecified atom stereocenters. The van der Waals surface area contributed by atoms with E-state index in [4.69, 9.17) is 0 Å². The van der Waals surface area contributed by atoms with Gasteiger partial charge >= 0.3 is 0 Å². The second kappa shape index (κ2) is 4.81. The Morgan fingerprint density at radius 2 is 1.82 bits per heavy atom. The zero-order chi connectivity index (χ0) is 12.5. The summed E-state index contributed by atoms with van der Waals surface area (Å²) in [4.78, 5) is 2.61. The van der Waals surface area contributed by atoms with Crippen molar-refractivity contribution in [3.8, 4) is 0 Å². The normalized spacial score (nSPS) is 26.4. The van der Waals surface area contributed by atoms with E-state index in [-0.39, 0.29) is 0 Å². The Balaban J connectivity index is 2.20.